The molecule has 29 heavy (non-hydrogen) atoms. The summed E-state index contributed by atoms with van der Waals surface area (Å²) in [6.07, 6.45) is 7.58. The third-order valence-electron chi connectivity index (χ3n) is 5.93. The molecular formula is C25H37O3P. The molecule has 2 aromatic carbocycles. The van der Waals surface area contributed by atoms with Crippen molar-refractivity contribution in [1.82, 2.24) is 0 Å². The highest BCUT2D eigenvalue weighted by Gasteiger charge is 2.18. The van der Waals surface area contributed by atoms with E-state index in [1.807, 2.05) is 24.3 Å². The highest BCUT2D eigenvalue weighted by Crippen LogP contribution is 2.37. The molecule has 0 radical (unpaired) electrons. The summed E-state index contributed by atoms with van der Waals surface area (Å²) in [7, 11) is -2.89. The van der Waals surface area contributed by atoms with Crippen molar-refractivity contribution in [2.24, 2.45) is 0 Å². The van der Waals surface area contributed by atoms with Crippen LogP contribution in [0.2, 0.25) is 0 Å². The number of aromatic hydroxyl groups is 1. The van der Waals surface area contributed by atoms with Crippen LogP contribution >= 0.6 is 8.03 Å². The van der Waals surface area contributed by atoms with E-state index in [4.69, 9.17) is 0 Å². The van der Waals surface area contributed by atoms with Crippen LogP contribution in [-0.2, 0) is 4.57 Å². The molecule has 2 rings (SSSR count). The summed E-state index contributed by atoms with van der Waals surface area (Å²) in [5, 5.41) is 11.2. The molecule has 0 saturated heterocycles. The first-order chi connectivity index (χ1) is 14.0. The molecule has 0 fully saturated rings. The molecule has 2 N–H and O–H groups in total. The van der Waals surface area contributed by atoms with Gasteiger partial charge in [0.25, 0.3) is 0 Å². The van der Waals surface area contributed by atoms with E-state index in [-0.39, 0.29) is 5.75 Å². The molecule has 0 spiro atoms. The lowest BCUT2D eigenvalue weighted by molar-refractivity contribution is 0.474. The van der Waals surface area contributed by atoms with Gasteiger partial charge in [0, 0.05) is 10.9 Å². The maximum absolute atomic E-state index is 12.2. The quantitative estimate of drug-likeness (QED) is 0.383. The molecule has 2 unspecified atom stereocenters. The average Bonchev–Trinajstić information content (AvgIpc) is 2.71. The lowest BCUT2D eigenvalue weighted by atomic mass is 9.88. The fourth-order valence-electron chi connectivity index (χ4n) is 4.39. The van der Waals surface area contributed by atoms with Gasteiger partial charge in [0.1, 0.15) is 5.75 Å². The third kappa shape index (κ3) is 5.96. The van der Waals surface area contributed by atoms with Gasteiger partial charge in [0.05, 0.1) is 0 Å². The molecule has 2 aromatic rings. The summed E-state index contributed by atoms with van der Waals surface area (Å²) in [5.74, 6) is 1.03. The number of rotatable bonds is 11. The van der Waals surface area contributed by atoms with Crippen LogP contribution < -0.4 is 5.30 Å². The molecule has 0 aromatic heterocycles. The third-order valence-corrected chi connectivity index (χ3v) is 6.81. The molecule has 0 heterocycles. The molecule has 0 bridgehead atoms. The number of hydrogen-bond acceptors (Lipinski definition) is 2. The van der Waals surface area contributed by atoms with E-state index in [0.29, 0.717) is 28.3 Å². The molecule has 0 aliphatic carbocycles. The Bertz CT molecular complexity index is 810. The topological polar surface area (TPSA) is 57.5 Å². The average molecular weight is 417 g/mol. The van der Waals surface area contributed by atoms with Crippen LogP contribution in [0, 0.1) is 0 Å². The fraction of sp³-hybridized carbons (Fsp3) is 0.520. The van der Waals surface area contributed by atoms with Crippen molar-refractivity contribution in [2.45, 2.75) is 84.5 Å². The van der Waals surface area contributed by atoms with Gasteiger partial charge >= 0.3 is 0 Å². The lowest BCUT2D eigenvalue weighted by Crippen LogP contribution is -2.07. The molecule has 0 saturated carbocycles. The summed E-state index contributed by atoms with van der Waals surface area (Å²) >= 11 is 0. The second-order valence-corrected chi connectivity index (χ2v) is 9.20. The maximum Gasteiger partial charge on any atom is 0.218 e. The smallest absolute Gasteiger partial charge is 0.218 e. The minimum atomic E-state index is -2.89. The first-order valence-electron chi connectivity index (χ1n) is 11.2. The minimum Gasteiger partial charge on any atom is -0.507 e. The van der Waals surface area contributed by atoms with E-state index in [1.54, 1.807) is 0 Å². The van der Waals surface area contributed by atoms with E-state index in [0.717, 1.165) is 56.1 Å². The molecule has 2 atom stereocenters. The van der Waals surface area contributed by atoms with Crippen LogP contribution in [-0.4, -0.2) is 10.00 Å². The van der Waals surface area contributed by atoms with E-state index in [1.165, 1.54) is 0 Å². The van der Waals surface area contributed by atoms with Gasteiger partial charge in [-0.3, -0.25) is 4.57 Å². The van der Waals surface area contributed by atoms with E-state index >= 15 is 0 Å². The Morgan fingerprint density at radius 3 is 1.79 bits per heavy atom. The summed E-state index contributed by atoms with van der Waals surface area (Å²) in [4.78, 5) is 10.0. The van der Waals surface area contributed by atoms with Crippen molar-refractivity contribution in [3.05, 3.63) is 47.5 Å². The lowest BCUT2D eigenvalue weighted by Gasteiger charge is -2.19. The monoisotopic (exact) mass is 416 g/mol. The van der Waals surface area contributed by atoms with Crippen molar-refractivity contribution in [2.75, 3.05) is 0 Å². The summed E-state index contributed by atoms with van der Waals surface area (Å²) in [6.45, 7) is 8.69. The maximum atomic E-state index is 12.2. The molecule has 3 nitrogen and oxygen atoms in total. The van der Waals surface area contributed by atoms with Crippen LogP contribution in [0.4, 0.5) is 0 Å². The van der Waals surface area contributed by atoms with E-state index in [9.17, 15) is 14.6 Å². The van der Waals surface area contributed by atoms with Gasteiger partial charge in [-0.15, -0.1) is 0 Å². The van der Waals surface area contributed by atoms with Gasteiger partial charge in [-0.25, -0.2) is 0 Å². The molecule has 160 valence electrons. The number of phenolic OH excluding ortho intramolecular Hbond substituents is 1. The molecule has 0 aliphatic heterocycles. The van der Waals surface area contributed by atoms with Crippen molar-refractivity contribution >= 4 is 13.3 Å². The summed E-state index contributed by atoms with van der Waals surface area (Å²) in [5.41, 5.74) is 3.57. The first-order valence-corrected chi connectivity index (χ1v) is 12.5. The highest BCUT2D eigenvalue weighted by atomic mass is 31.1. The SMILES string of the molecule is CCCC(CC)c1ccc(-c2ccc(C(CCC)CCC)cc2[PH](=O)O)c(O)c1. The summed E-state index contributed by atoms with van der Waals surface area (Å²) < 4.78 is 12.2. The summed E-state index contributed by atoms with van der Waals surface area (Å²) in [6, 6.07) is 11.7. The van der Waals surface area contributed by atoms with Gasteiger partial charge < -0.3 is 10.00 Å². The van der Waals surface area contributed by atoms with Crippen molar-refractivity contribution in [3.63, 3.8) is 0 Å². The van der Waals surface area contributed by atoms with Crippen molar-refractivity contribution in [1.29, 1.82) is 0 Å². The standard InChI is InChI=1S/C25H37O3P/c1-5-9-18(8-4)20-12-14-22(24(26)16-20)23-15-13-21(17-25(23)29(27)28)19(10-6-2)11-7-3/h12-19,26,29H,5-11H2,1-4H3,(H,27,28). The zero-order chi connectivity index (χ0) is 21.4. The number of benzene rings is 2. The van der Waals surface area contributed by atoms with Gasteiger partial charge in [0.2, 0.25) is 8.03 Å². The van der Waals surface area contributed by atoms with Crippen LogP contribution in [0.3, 0.4) is 0 Å². The second-order valence-electron chi connectivity index (χ2n) is 8.05. The zero-order valence-electron chi connectivity index (χ0n) is 18.4. The Morgan fingerprint density at radius 1 is 0.793 bits per heavy atom. The number of hydrogen-bond donors (Lipinski definition) is 2. The van der Waals surface area contributed by atoms with E-state index < -0.39 is 8.03 Å². The van der Waals surface area contributed by atoms with Crippen LogP contribution in [0.5, 0.6) is 5.75 Å². The van der Waals surface area contributed by atoms with Crippen molar-refractivity contribution < 1.29 is 14.6 Å². The Kier molecular flexibility index (Phi) is 9.46. The molecular weight excluding hydrogens is 379 g/mol. The predicted octanol–water partition coefficient (Wildman–Crippen LogP) is 7.13. The largest absolute Gasteiger partial charge is 0.507 e. The van der Waals surface area contributed by atoms with Gasteiger partial charge in [-0.2, -0.15) is 0 Å². The first kappa shape index (κ1) is 23.7. The van der Waals surface area contributed by atoms with Crippen LogP contribution in [0.1, 0.15) is 95.6 Å². The Labute approximate surface area is 177 Å². The van der Waals surface area contributed by atoms with Crippen LogP contribution in [0.15, 0.2) is 36.4 Å². The van der Waals surface area contributed by atoms with Crippen molar-refractivity contribution in [3.8, 4) is 16.9 Å². The van der Waals surface area contributed by atoms with Gasteiger partial charge in [-0.05, 0) is 66.3 Å². The minimum absolute atomic E-state index is 0.188. The van der Waals surface area contributed by atoms with Gasteiger partial charge in [-0.1, -0.05) is 71.2 Å². The number of phenols is 1. The Hall–Kier alpha value is -1.57. The fourth-order valence-corrected chi connectivity index (χ4v) is 5.13. The Balaban J connectivity index is 2.47. The Morgan fingerprint density at radius 2 is 1.31 bits per heavy atom. The normalized spacial score (nSPS) is 13.6. The zero-order valence-corrected chi connectivity index (χ0v) is 19.4. The molecule has 0 aliphatic rings. The molecule has 4 heteroatoms. The predicted molar refractivity (Wildman–Crippen MR) is 125 cm³/mol. The highest BCUT2D eigenvalue weighted by molar-refractivity contribution is 7.47. The van der Waals surface area contributed by atoms with Gasteiger partial charge in [0.15, 0.2) is 0 Å². The van der Waals surface area contributed by atoms with Crippen LogP contribution in [0.25, 0.3) is 11.1 Å². The second kappa shape index (κ2) is 11.6. The van der Waals surface area contributed by atoms with E-state index in [2.05, 4.69) is 39.8 Å². The molecule has 0 amide bonds.